The summed E-state index contributed by atoms with van der Waals surface area (Å²) in [5.41, 5.74) is 0.371. The monoisotopic (exact) mass is 304 g/mol. The Kier molecular flexibility index (Phi) is 4.41. The van der Waals surface area contributed by atoms with Crippen molar-refractivity contribution in [2.45, 2.75) is 25.7 Å². The Morgan fingerprint density at radius 3 is 2.27 bits per heavy atom. The molecule has 1 aromatic rings. The Morgan fingerprint density at radius 2 is 1.64 bits per heavy atom. The second kappa shape index (κ2) is 6.46. The molecule has 1 aliphatic carbocycles. The molecular formula is C17H21FN2O2. The molecule has 0 spiro atoms. The highest BCUT2D eigenvalue weighted by atomic mass is 19.1. The van der Waals surface area contributed by atoms with E-state index < -0.39 is 5.82 Å². The van der Waals surface area contributed by atoms with Crippen molar-refractivity contribution >= 4 is 11.8 Å². The third-order valence-corrected chi connectivity index (χ3v) is 4.65. The van der Waals surface area contributed by atoms with Gasteiger partial charge in [-0.2, -0.15) is 0 Å². The third kappa shape index (κ3) is 3.13. The Labute approximate surface area is 129 Å². The summed E-state index contributed by atoms with van der Waals surface area (Å²) >= 11 is 0. The molecule has 1 heterocycles. The van der Waals surface area contributed by atoms with Crippen LogP contribution in [0.25, 0.3) is 0 Å². The molecule has 2 amide bonds. The van der Waals surface area contributed by atoms with E-state index in [1.165, 1.54) is 12.1 Å². The lowest BCUT2D eigenvalue weighted by molar-refractivity contribution is -0.136. The zero-order valence-electron chi connectivity index (χ0n) is 12.6. The second-order valence-corrected chi connectivity index (χ2v) is 6.11. The maximum atomic E-state index is 13.2. The highest BCUT2D eigenvalue weighted by Gasteiger charge is 2.30. The maximum Gasteiger partial charge on any atom is 0.254 e. The molecule has 2 fully saturated rings. The number of carbonyl (C=O) groups is 2. The van der Waals surface area contributed by atoms with Gasteiger partial charge in [-0.25, -0.2) is 4.39 Å². The standard InChI is InChI=1S/C17H21FN2O2/c18-15-7-3-6-14(12-15)17(22)20-10-8-19(9-11-20)16(21)13-4-1-2-5-13/h3,6-7,12-13H,1-2,4-5,8-11H2. The van der Waals surface area contributed by atoms with Crippen molar-refractivity contribution in [2.24, 2.45) is 5.92 Å². The number of carbonyl (C=O) groups excluding carboxylic acids is 2. The Hall–Kier alpha value is -1.91. The van der Waals surface area contributed by atoms with Crippen LogP contribution >= 0.6 is 0 Å². The lowest BCUT2D eigenvalue weighted by Crippen LogP contribution is -2.51. The molecule has 1 aromatic carbocycles. The third-order valence-electron chi connectivity index (χ3n) is 4.65. The molecular weight excluding hydrogens is 283 g/mol. The first-order valence-electron chi connectivity index (χ1n) is 7.99. The van der Waals surface area contributed by atoms with Crippen molar-refractivity contribution < 1.29 is 14.0 Å². The molecule has 1 aliphatic heterocycles. The van der Waals surface area contributed by atoms with Gasteiger partial charge in [0.1, 0.15) is 5.82 Å². The van der Waals surface area contributed by atoms with Crippen LogP contribution in [0, 0.1) is 11.7 Å². The number of halogens is 1. The van der Waals surface area contributed by atoms with Crippen LogP contribution < -0.4 is 0 Å². The van der Waals surface area contributed by atoms with Gasteiger partial charge in [-0.1, -0.05) is 18.9 Å². The molecule has 2 aliphatic rings. The van der Waals surface area contributed by atoms with Gasteiger partial charge in [0, 0.05) is 37.7 Å². The van der Waals surface area contributed by atoms with Crippen LogP contribution in [0.2, 0.25) is 0 Å². The van der Waals surface area contributed by atoms with Crippen LogP contribution in [-0.4, -0.2) is 47.8 Å². The minimum absolute atomic E-state index is 0.160. The SMILES string of the molecule is O=C(c1cccc(F)c1)N1CCN(C(=O)C2CCCC2)CC1. The Balaban J connectivity index is 1.57. The van der Waals surface area contributed by atoms with Crippen molar-refractivity contribution in [2.75, 3.05) is 26.2 Å². The molecule has 22 heavy (non-hydrogen) atoms. The average Bonchev–Trinajstić information content (AvgIpc) is 3.08. The van der Waals surface area contributed by atoms with Crippen molar-refractivity contribution in [1.29, 1.82) is 0 Å². The largest absolute Gasteiger partial charge is 0.339 e. The quantitative estimate of drug-likeness (QED) is 0.841. The first-order chi connectivity index (χ1) is 10.6. The van der Waals surface area contributed by atoms with E-state index in [4.69, 9.17) is 0 Å². The lowest BCUT2D eigenvalue weighted by Gasteiger charge is -2.36. The molecule has 5 heteroatoms. The molecule has 1 saturated heterocycles. The van der Waals surface area contributed by atoms with E-state index in [-0.39, 0.29) is 17.7 Å². The minimum Gasteiger partial charge on any atom is -0.339 e. The first-order valence-corrected chi connectivity index (χ1v) is 7.99. The van der Waals surface area contributed by atoms with Crippen LogP contribution in [-0.2, 0) is 4.79 Å². The number of benzene rings is 1. The van der Waals surface area contributed by atoms with Gasteiger partial charge in [-0.15, -0.1) is 0 Å². The minimum atomic E-state index is -0.402. The lowest BCUT2D eigenvalue weighted by atomic mass is 10.1. The Bertz CT molecular complexity index is 562. The van der Waals surface area contributed by atoms with Crippen LogP contribution in [0.5, 0.6) is 0 Å². The van der Waals surface area contributed by atoms with Gasteiger partial charge in [-0.3, -0.25) is 9.59 Å². The van der Waals surface area contributed by atoms with Gasteiger partial charge < -0.3 is 9.80 Å². The van der Waals surface area contributed by atoms with Gasteiger partial charge in [0.05, 0.1) is 0 Å². The van der Waals surface area contributed by atoms with E-state index in [0.717, 1.165) is 25.7 Å². The number of nitrogens with zero attached hydrogens (tertiary/aromatic N) is 2. The fourth-order valence-electron chi connectivity index (χ4n) is 3.36. The molecule has 1 saturated carbocycles. The molecule has 0 aromatic heterocycles. The van der Waals surface area contributed by atoms with Gasteiger partial charge >= 0.3 is 0 Å². The molecule has 0 radical (unpaired) electrons. The fourth-order valence-corrected chi connectivity index (χ4v) is 3.36. The van der Waals surface area contributed by atoms with E-state index in [2.05, 4.69) is 0 Å². The van der Waals surface area contributed by atoms with Crippen molar-refractivity contribution in [3.05, 3.63) is 35.6 Å². The van der Waals surface area contributed by atoms with Crippen LogP contribution in [0.1, 0.15) is 36.0 Å². The summed E-state index contributed by atoms with van der Waals surface area (Å²) in [6.07, 6.45) is 4.30. The predicted octanol–water partition coefficient (Wildman–Crippen LogP) is 2.30. The van der Waals surface area contributed by atoms with Crippen LogP contribution in [0.4, 0.5) is 4.39 Å². The second-order valence-electron chi connectivity index (χ2n) is 6.11. The number of rotatable bonds is 2. The highest BCUT2D eigenvalue weighted by molar-refractivity contribution is 5.94. The summed E-state index contributed by atoms with van der Waals surface area (Å²) in [6.45, 7) is 2.20. The van der Waals surface area contributed by atoms with E-state index in [1.807, 2.05) is 4.90 Å². The predicted molar refractivity (Wildman–Crippen MR) is 80.8 cm³/mol. The molecule has 0 unspecified atom stereocenters. The van der Waals surface area contributed by atoms with Crippen molar-refractivity contribution in [1.82, 2.24) is 9.80 Å². The first kappa shape index (κ1) is 15.0. The zero-order chi connectivity index (χ0) is 15.5. The summed E-state index contributed by atoms with van der Waals surface area (Å²) < 4.78 is 13.2. The molecule has 118 valence electrons. The Morgan fingerprint density at radius 1 is 1.00 bits per heavy atom. The highest BCUT2D eigenvalue weighted by Crippen LogP contribution is 2.27. The van der Waals surface area contributed by atoms with Crippen molar-refractivity contribution in [3.8, 4) is 0 Å². The van der Waals surface area contributed by atoms with Crippen molar-refractivity contribution in [3.63, 3.8) is 0 Å². The normalized spacial score (nSPS) is 19.5. The zero-order valence-corrected chi connectivity index (χ0v) is 12.6. The molecule has 0 N–H and O–H groups in total. The average molecular weight is 304 g/mol. The molecule has 0 bridgehead atoms. The summed E-state index contributed by atoms with van der Waals surface area (Å²) in [5.74, 6) is -0.130. The van der Waals surface area contributed by atoms with Gasteiger partial charge in [0.15, 0.2) is 0 Å². The van der Waals surface area contributed by atoms with E-state index in [9.17, 15) is 14.0 Å². The smallest absolute Gasteiger partial charge is 0.254 e. The summed E-state index contributed by atoms with van der Waals surface area (Å²) in [5, 5.41) is 0. The molecule has 3 rings (SSSR count). The summed E-state index contributed by atoms with van der Waals surface area (Å²) in [6, 6.07) is 5.76. The topological polar surface area (TPSA) is 40.6 Å². The van der Waals surface area contributed by atoms with E-state index >= 15 is 0 Å². The number of amides is 2. The van der Waals surface area contributed by atoms with Gasteiger partial charge in [0.25, 0.3) is 5.91 Å². The fraction of sp³-hybridized carbons (Fsp3) is 0.529. The molecule has 4 nitrogen and oxygen atoms in total. The maximum absolute atomic E-state index is 13.2. The van der Waals surface area contributed by atoms with Gasteiger partial charge in [-0.05, 0) is 31.0 Å². The van der Waals surface area contributed by atoms with Gasteiger partial charge in [0.2, 0.25) is 5.91 Å². The molecule has 0 atom stereocenters. The van der Waals surface area contributed by atoms with E-state index in [0.29, 0.717) is 31.7 Å². The van der Waals surface area contributed by atoms with E-state index in [1.54, 1.807) is 17.0 Å². The van der Waals surface area contributed by atoms with Crippen LogP contribution in [0.15, 0.2) is 24.3 Å². The number of piperazine rings is 1. The summed E-state index contributed by atoms with van der Waals surface area (Å²) in [7, 11) is 0. The number of hydrogen-bond donors (Lipinski definition) is 0. The summed E-state index contributed by atoms with van der Waals surface area (Å²) in [4.78, 5) is 28.3. The van der Waals surface area contributed by atoms with Crippen LogP contribution in [0.3, 0.4) is 0 Å². The number of hydrogen-bond acceptors (Lipinski definition) is 2.